The lowest BCUT2D eigenvalue weighted by atomic mass is 9.94. The molecule has 3 atom stereocenters. The van der Waals surface area contributed by atoms with E-state index in [-0.39, 0.29) is 56.8 Å². The second-order valence-electron chi connectivity index (χ2n) is 11.0. The van der Waals surface area contributed by atoms with E-state index in [4.69, 9.17) is 9.72 Å². The summed E-state index contributed by atoms with van der Waals surface area (Å²) < 4.78 is 74.1. The fraction of sp³-hybridized carbons (Fsp3) is 0.500. The van der Waals surface area contributed by atoms with E-state index in [0.29, 0.717) is 35.1 Å². The minimum atomic E-state index is -4.70. The number of nitrogens with zero attached hydrogens (tertiary/aromatic N) is 5. The van der Waals surface area contributed by atoms with Crippen molar-refractivity contribution in [2.45, 2.75) is 69.9 Å². The number of benzene rings is 1. The number of carbonyl (C=O) groups excluding carboxylic acids is 1. The highest BCUT2D eigenvalue weighted by Crippen LogP contribution is 2.35. The molecule has 4 heterocycles. The Morgan fingerprint density at radius 3 is 2.32 bits per heavy atom. The maximum absolute atomic E-state index is 13.9. The van der Waals surface area contributed by atoms with Crippen molar-refractivity contribution in [3.05, 3.63) is 59.7 Å². The van der Waals surface area contributed by atoms with Crippen molar-refractivity contribution in [2.75, 3.05) is 31.1 Å². The monoisotopic (exact) mass is 749 g/mol. The SMILES string of the molecule is CC1CN(c2ccc3c(C(=O)CCC(c4cnc(C(F)(F)F)nc4)N4CCC(F)(F)CC4)cccc3n2)CC(C)O1.S=CI. The summed E-state index contributed by atoms with van der Waals surface area (Å²) in [6.45, 7) is 5.54. The summed E-state index contributed by atoms with van der Waals surface area (Å²) in [6, 6.07) is 8.53. The van der Waals surface area contributed by atoms with E-state index in [0.717, 1.165) is 18.2 Å². The molecule has 2 fully saturated rings. The number of halogens is 6. The molecule has 0 aliphatic carbocycles. The van der Waals surface area contributed by atoms with Gasteiger partial charge in [0, 0.05) is 83.8 Å². The molecule has 44 heavy (non-hydrogen) atoms. The lowest BCUT2D eigenvalue weighted by Crippen LogP contribution is -2.45. The highest BCUT2D eigenvalue weighted by Gasteiger charge is 2.38. The van der Waals surface area contributed by atoms with Gasteiger partial charge >= 0.3 is 6.18 Å². The summed E-state index contributed by atoms with van der Waals surface area (Å²) in [5.41, 5.74) is 1.51. The van der Waals surface area contributed by atoms with Crippen molar-refractivity contribution in [2.24, 2.45) is 0 Å². The Morgan fingerprint density at radius 2 is 1.73 bits per heavy atom. The molecule has 0 N–H and O–H groups in total. The number of fused-ring (bicyclic) bond motifs is 1. The molecule has 3 aromatic rings. The topological polar surface area (TPSA) is 71.5 Å². The van der Waals surface area contributed by atoms with Crippen molar-refractivity contribution in [1.29, 1.82) is 0 Å². The third-order valence-corrected chi connectivity index (χ3v) is 7.69. The van der Waals surface area contributed by atoms with Crippen molar-refractivity contribution in [1.82, 2.24) is 19.9 Å². The molecule has 2 aliphatic rings. The zero-order valence-electron chi connectivity index (χ0n) is 24.2. The highest BCUT2D eigenvalue weighted by atomic mass is 127. The highest BCUT2D eigenvalue weighted by molar-refractivity contribution is 14.1. The number of aromatic nitrogens is 3. The van der Waals surface area contributed by atoms with Crippen LogP contribution in [0.3, 0.4) is 0 Å². The predicted octanol–water partition coefficient (Wildman–Crippen LogP) is 7.47. The van der Waals surface area contributed by atoms with Crippen LogP contribution in [-0.4, -0.2) is 73.3 Å². The van der Waals surface area contributed by atoms with Gasteiger partial charge in [-0.15, -0.1) is 0 Å². The van der Waals surface area contributed by atoms with Crippen LogP contribution in [0.15, 0.2) is 42.7 Å². The number of pyridine rings is 1. The quantitative estimate of drug-likeness (QED) is 0.0811. The second kappa shape index (κ2) is 14.8. The number of hydrogen-bond donors (Lipinski definition) is 0. The first kappa shape index (κ1) is 34.4. The molecule has 2 aromatic heterocycles. The molecule has 0 bridgehead atoms. The molecule has 5 rings (SSSR count). The Balaban J connectivity index is 0.00000141. The Hall–Kier alpha value is -2.43. The Kier molecular flexibility index (Phi) is 11.6. The number of rotatable bonds is 7. The minimum Gasteiger partial charge on any atom is -0.372 e. The number of carbonyl (C=O) groups is 1. The van der Waals surface area contributed by atoms with Gasteiger partial charge < -0.3 is 9.64 Å². The van der Waals surface area contributed by atoms with Crippen LogP contribution in [0.25, 0.3) is 10.9 Å². The molecule has 2 aliphatic heterocycles. The summed E-state index contributed by atoms with van der Waals surface area (Å²) in [4.78, 5) is 29.1. The van der Waals surface area contributed by atoms with Crippen LogP contribution in [-0.2, 0) is 10.9 Å². The van der Waals surface area contributed by atoms with Crippen LogP contribution >= 0.6 is 34.8 Å². The molecular weight excluding hydrogens is 716 g/mol. The van der Waals surface area contributed by atoms with Gasteiger partial charge in [0.2, 0.25) is 5.82 Å². The van der Waals surface area contributed by atoms with Crippen molar-refractivity contribution in [3.8, 4) is 0 Å². The van der Waals surface area contributed by atoms with Crippen molar-refractivity contribution in [3.63, 3.8) is 0 Å². The first-order chi connectivity index (χ1) is 20.8. The lowest BCUT2D eigenvalue weighted by molar-refractivity contribution is -0.145. The Labute approximate surface area is 271 Å². The molecule has 0 radical (unpaired) electrons. The number of piperidine rings is 1. The number of thiocarbonyl (C=S) groups is 1. The minimum absolute atomic E-state index is 0.0482. The van der Waals surface area contributed by atoms with Crippen LogP contribution in [0.4, 0.5) is 27.8 Å². The summed E-state index contributed by atoms with van der Waals surface area (Å²) >= 11 is 6.23. The van der Waals surface area contributed by atoms with Gasteiger partial charge in [0.25, 0.3) is 5.92 Å². The fourth-order valence-corrected chi connectivity index (χ4v) is 5.71. The third kappa shape index (κ3) is 8.85. The van der Waals surface area contributed by atoms with Gasteiger partial charge in [-0.05, 0) is 61.1 Å². The van der Waals surface area contributed by atoms with Gasteiger partial charge in [0.1, 0.15) is 5.82 Å². The number of likely N-dealkylation sites (tertiary alicyclic amines) is 1. The standard InChI is InChI=1S/C29H32F5N5O2.CHIS/c1-18-16-39(17-19(2)41-18)26-9-6-21-22(4-3-5-23(21)37-26)25(40)8-7-24(38-12-10-28(30,31)11-13-38)20-14-35-27(36-15-20)29(32,33)34;2-1-3/h3-6,9,14-15,18-19,24H,7-8,10-13,16-17H2,1-2H3;1H. The van der Waals surface area contributed by atoms with Gasteiger partial charge in [-0.25, -0.2) is 23.7 Å². The number of Topliss-reactive ketones (excluding diaryl/α,β-unsaturated/α-hetero) is 1. The number of ketones is 1. The molecule has 0 saturated carbocycles. The normalized spacial score (nSPS) is 21.3. The van der Waals surface area contributed by atoms with E-state index in [9.17, 15) is 26.7 Å². The van der Waals surface area contributed by atoms with Crippen LogP contribution in [0.1, 0.15) is 67.3 Å². The van der Waals surface area contributed by atoms with E-state index in [1.54, 1.807) is 20.4 Å². The molecule has 14 heteroatoms. The fourth-order valence-electron chi connectivity index (χ4n) is 5.71. The van der Waals surface area contributed by atoms with Gasteiger partial charge in [0.05, 0.1) is 17.7 Å². The zero-order valence-corrected chi connectivity index (χ0v) is 27.2. The van der Waals surface area contributed by atoms with Crippen LogP contribution in [0, 0.1) is 0 Å². The Bertz CT molecular complexity index is 1430. The molecule has 0 spiro atoms. The van der Waals surface area contributed by atoms with Gasteiger partial charge in [0.15, 0.2) is 5.78 Å². The number of morpholine rings is 1. The summed E-state index contributed by atoms with van der Waals surface area (Å²) in [5.74, 6) is -3.43. The smallest absolute Gasteiger partial charge is 0.372 e. The summed E-state index contributed by atoms with van der Waals surface area (Å²) in [7, 11) is 0. The van der Waals surface area contributed by atoms with Crippen molar-refractivity contribution < 1.29 is 31.5 Å². The maximum Gasteiger partial charge on any atom is 0.451 e. The second-order valence-corrected chi connectivity index (χ2v) is 12.7. The summed E-state index contributed by atoms with van der Waals surface area (Å²) in [5, 5.41) is 0.697. The predicted molar refractivity (Wildman–Crippen MR) is 171 cm³/mol. The van der Waals surface area contributed by atoms with Crippen LogP contribution in [0.2, 0.25) is 0 Å². The molecule has 2 saturated heterocycles. The van der Waals surface area contributed by atoms with E-state index in [1.807, 2.05) is 54.6 Å². The molecule has 7 nitrogen and oxygen atoms in total. The number of ether oxygens (including phenoxy) is 1. The van der Waals surface area contributed by atoms with Crippen LogP contribution in [0.5, 0.6) is 0 Å². The molecule has 3 unspecified atom stereocenters. The average molecular weight is 750 g/mol. The van der Waals surface area contributed by atoms with E-state index in [1.165, 1.54) is 0 Å². The molecule has 238 valence electrons. The Morgan fingerprint density at radius 1 is 1.11 bits per heavy atom. The number of hydrogen-bond acceptors (Lipinski definition) is 8. The first-order valence-electron chi connectivity index (χ1n) is 14.2. The van der Waals surface area contributed by atoms with Crippen LogP contribution < -0.4 is 4.90 Å². The third-order valence-electron chi connectivity index (χ3n) is 7.69. The van der Waals surface area contributed by atoms with Gasteiger partial charge in [-0.2, -0.15) is 13.2 Å². The molecular formula is C30H33F5IN5O2S. The zero-order chi connectivity index (χ0) is 32.1. The first-order valence-corrected chi connectivity index (χ1v) is 15.9. The molecule has 0 amide bonds. The van der Waals surface area contributed by atoms with E-state index in [2.05, 4.69) is 27.1 Å². The number of alkyl halides is 5. The van der Waals surface area contributed by atoms with E-state index < -0.39 is 24.0 Å². The van der Waals surface area contributed by atoms with Gasteiger partial charge in [-0.1, -0.05) is 24.4 Å². The lowest BCUT2D eigenvalue weighted by Gasteiger charge is -2.37. The van der Waals surface area contributed by atoms with E-state index >= 15 is 0 Å². The largest absolute Gasteiger partial charge is 0.451 e. The van der Waals surface area contributed by atoms with Gasteiger partial charge in [-0.3, -0.25) is 9.69 Å². The summed E-state index contributed by atoms with van der Waals surface area (Å²) in [6.07, 6.45) is -2.87. The molecule has 1 aromatic carbocycles. The number of anilines is 1. The maximum atomic E-state index is 13.9. The average Bonchev–Trinajstić information content (AvgIpc) is 2.97. The van der Waals surface area contributed by atoms with Crippen molar-refractivity contribution >= 4 is 60.7 Å².